The first kappa shape index (κ1) is 16.0. The zero-order valence-corrected chi connectivity index (χ0v) is 13.9. The summed E-state index contributed by atoms with van der Waals surface area (Å²) < 4.78 is 4.74. The molecule has 0 unspecified atom stereocenters. The lowest BCUT2D eigenvalue weighted by molar-refractivity contribution is 0.0600. The van der Waals surface area contributed by atoms with Crippen LogP contribution in [0.4, 0.5) is 5.82 Å². The molecule has 0 N–H and O–H groups in total. The summed E-state index contributed by atoms with van der Waals surface area (Å²) in [7, 11) is 5.16. The second kappa shape index (κ2) is 6.31. The van der Waals surface area contributed by atoms with Crippen LogP contribution in [0, 0.1) is 0 Å². The molecule has 0 spiro atoms. The maximum atomic E-state index is 12.7. The van der Waals surface area contributed by atoms with Crippen molar-refractivity contribution < 1.29 is 14.3 Å². The standard InChI is InChI=1S/C18H19N3O3/c1-20(2)16-7-6-13(9-19-16)17(22)21-10-14-5-4-12(18(23)24-3)8-15(14)11-21/h4-9H,10-11H2,1-3H3. The van der Waals surface area contributed by atoms with E-state index in [0.29, 0.717) is 24.2 Å². The average Bonchev–Trinajstić information content (AvgIpc) is 3.03. The van der Waals surface area contributed by atoms with Crippen LogP contribution < -0.4 is 4.90 Å². The molecule has 124 valence electrons. The number of hydrogen-bond donors (Lipinski definition) is 0. The van der Waals surface area contributed by atoms with Crippen LogP contribution in [-0.2, 0) is 17.8 Å². The van der Waals surface area contributed by atoms with E-state index in [0.717, 1.165) is 16.9 Å². The third-order valence-corrected chi connectivity index (χ3v) is 4.09. The molecule has 6 nitrogen and oxygen atoms in total. The van der Waals surface area contributed by atoms with Crippen LogP contribution in [0.25, 0.3) is 0 Å². The van der Waals surface area contributed by atoms with Crippen molar-refractivity contribution in [3.63, 3.8) is 0 Å². The minimum absolute atomic E-state index is 0.0661. The number of benzene rings is 1. The number of anilines is 1. The lowest BCUT2D eigenvalue weighted by Crippen LogP contribution is -2.25. The highest BCUT2D eigenvalue weighted by molar-refractivity contribution is 5.94. The van der Waals surface area contributed by atoms with E-state index in [4.69, 9.17) is 4.74 Å². The molecular weight excluding hydrogens is 306 g/mol. The van der Waals surface area contributed by atoms with E-state index in [-0.39, 0.29) is 11.9 Å². The van der Waals surface area contributed by atoms with Crippen LogP contribution in [-0.4, -0.2) is 43.0 Å². The number of pyridine rings is 1. The number of ether oxygens (including phenoxy) is 1. The van der Waals surface area contributed by atoms with Crippen molar-refractivity contribution >= 4 is 17.7 Å². The summed E-state index contributed by atoms with van der Waals surface area (Å²) in [6.07, 6.45) is 1.60. The quantitative estimate of drug-likeness (QED) is 0.809. The van der Waals surface area contributed by atoms with E-state index in [1.807, 2.05) is 31.1 Å². The van der Waals surface area contributed by atoms with Crippen LogP contribution in [0.2, 0.25) is 0 Å². The molecule has 6 heteroatoms. The summed E-state index contributed by atoms with van der Waals surface area (Å²) in [6.45, 7) is 1.01. The molecule has 0 aliphatic carbocycles. The van der Waals surface area contributed by atoms with Crippen molar-refractivity contribution in [2.24, 2.45) is 0 Å². The average molecular weight is 325 g/mol. The Balaban J connectivity index is 1.77. The van der Waals surface area contributed by atoms with Gasteiger partial charge in [-0.1, -0.05) is 6.07 Å². The fraction of sp³-hybridized carbons (Fsp3) is 0.278. The molecule has 1 aliphatic heterocycles. The van der Waals surface area contributed by atoms with Gasteiger partial charge in [0.25, 0.3) is 5.91 Å². The summed E-state index contributed by atoms with van der Waals surface area (Å²) >= 11 is 0. The molecule has 1 amide bonds. The third-order valence-electron chi connectivity index (χ3n) is 4.09. The molecule has 0 atom stereocenters. The van der Waals surface area contributed by atoms with Gasteiger partial charge in [0.2, 0.25) is 0 Å². The molecule has 2 heterocycles. The molecule has 0 saturated heterocycles. The summed E-state index contributed by atoms with van der Waals surface area (Å²) in [5, 5.41) is 0. The molecule has 2 aromatic rings. The van der Waals surface area contributed by atoms with Crippen molar-refractivity contribution in [1.29, 1.82) is 0 Å². The fourth-order valence-corrected chi connectivity index (χ4v) is 2.74. The molecule has 0 fully saturated rings. The lowest BCUT2D eigenvalue weighted by Gasteiger charge is -2.16. The SMILES string of the molecule is COC(=O)c1ccc2c(c1)CN(C(=O)c1ccc(N(C)C)nc1)C2. The summed E-state index contributed by atoms with van der Waals surface area (Å²) in [4.78, 5) is 32.2. The number of esters is 1. The Bertz CT molecular complexity index is 785. The highest BCUT2D eigenvalue weighted by atomic mass is 16.5. The first-order valence-electron chi connectivity index (χ1n) is 7.62. The number of methoxy groups -OCH3 is 1. The Morgan fingerprint density at radius 1 is 1.08 bits per heavy atom. The summed E-state index contributed by atoms with van der Waals surface area (Å²) in [5.74, 6) is 0.369. The molecule has 0 bridgehead atoms. The second-order valence-electron chi connectivity index (χ2n) is 5.94. The number of carbonyl (C=O) groups is 2. The number of amides is 1. The number of aromatic nitrogens is 1. The first-order chi connectivity index (χ1) is 11.5. The predicted octanol–water partition coefficient (Wildman–Crippen LogP) is 2.09. The van der Waals surface area contributed by atoms with Crippen molar-refractivity contribution in [3.05, 3.63) is 58.8 Å². The van der Waals surface area contributed by atoms with Gasteiger partial charge in [-0.15, -0.1) is 0 Å². The Kier molecular flexibility index (Phi) is 4.20. The van der Waals surface area contributed by atoms with Crippen LogP contribution in [0.3, 0.4) is 0 Å². The van der Waals surface area contributed by atoms with Gasteiger partial charge < -0.3 is 14.5 Å². The van der Waals surface area contributed by atoms with Gasteiger partial charge in [0.1, 0.15) is 5.82 Å². The number of rotatable bonds is 3. The minimum atomic E-state index is -0.369. The van der Waals surface area contributed by atoms with Crippen LogP contribution in [0.15, 0.2) is 36.5 Å². The number of carbonyl (C=O) groups excluding carboxylic acids is 2. The van der Waals surface area contributed by atoms with E-state index in [1.54, 1.807) is 29.3 Å². The van der Waals surface area contributed by atoms with Crippen LogP contribution in [0.5, 0.6) is 0 Å². The summed E-state index contributed by atoms with van der Waals surface area (Å²) in [6, 6.07) is 9.01. The van der Waals surface area contributed by atoms with Gasteiger partial charge in [0.15, 0.2) is 0 Å². The third kappa shape index (κ3) is 2.95. The Morgan fingerprint density at radius 3 is 2.42 bits per heavy atom. The molecule has 0 saturated carbocycles. The zero-order valence-electron chi connectivity index (χ0n) is 13.9. The first-order valence-corrected chi connectivity index (χ1v) is 7.62. The van der Waals surface area contributed by atoms with Crippen LogP contribution >= 0.6 is 0 Å². The minimum Gasteiger partial charge on any atom is -0.465 e. The molecule has 1 aromatic carbocycles. The van der Waals surface area contributed by atoms with E-state index < -0.39 is 0 Å². The van der Waals surface area contributed by atoms with Crippen molar-refractivity contribution in [2.75, 3.05) is 26.1 Å². The van der Waals surface area contributed by atoms with Gasteiger partial charge in [-0.3, -0.25) is 4.79 Å². The molecule has 24 heavy (non-hydrogen) atoms. The summed E-state index contributed by atoms with van der Waals surface area (Å²) in [5.41, 5.74) is 3.09. The van der Waals surface area contributed by atoms with Gasteiger partial charge in [-0.05, 0) is 35.4 Å². The van der Waals surface area contributed by atoms with Gasteiger partial charge in [-0.2, -0.15) is 0 Å². The predicted molar refractivity (Wildman–Crippen MR) is 89.9 cm³/mol. The van der Waals surface area contributed by atoms with Gasteiger partial charge >= 0.3 is 5.97 Å². The highest BCUT2D eigenvalue weighted by Gasteiger charge is 2.25. The number of hydrogen-bond acceptors (Lipinski definition) is 5. The molecule has 0 radical (unpaired) electrons. The van der Waals surface area contributed by atoms with E-state index in [1.165, 1.54) is 7.11 Å². The maximum Gasteiger partial charge on any atom is 0.337 e. The van der Waals surface area contributed by atoms with Gasteiger partial charge in [0.05, 0.1) is 18.2 Å². The van der Waals surface area contributed by atoms with Crippen molar-refractivity contribution in [1.82, 2.24) is 9.88 Å². The monoisotopic (exact) mass is 325 g/mol. The topological polar surface area (TPSA) is 62.7 Å². The fourth-order valence-electron chi connectivity index (χ4n) is 2.74. The number of nitrogens with zero attached hydrogens (tertiary/aromatic N) is 3. The van der Waals surface area contributed by atoms with E-state index in [9.17, 15) is 9.59 Å². The van der Waals surface area contributed by atoms with Crippen molar-refractivity contribution in [2.45, 2.75) is 13.1 Å². The molecule has 1 aliphatic rings. The Labute approximate surface area is 140 Å². The zero-order chi connectivity index (χ0) is 17.3. The number of fused-ring (bicyclic) bond motifs is 1. The maximum absolute atomic E-state index is 12.7. The lowest BCUT2D eigenvalue weighted by atomic mass is 10.1. The highest BCUT2D eigenvalue weighted by Crippen LogP contribution is 2.25. The molecule has 1 aromatic heterocycles. The second-order valence-corrected chi connectivity index (χ2v) is 5.94. The molecular formula is C18H19N3O3. The van der Waals surface area contributed by atoms with Gasteiger partial charge in [0, 0.05) is 33.4 Å². The van der Waals surface area contributed by atoms with Crippen LogP contribution in [0.1, 0.15) is 31.8 Å². The van der Waals surface area contributed by atoms with E-state index >= 15 is 0 Å². The Hall–Kier alpha value is -2.89. The smallest absolute Gasteiger partial charge is 0.337 e. The van der Waals surface area contributed by atoms with E-state index in [2.05, 4.69) is 4.98 Å². The normalized spacial score (nSPS) is 12.7. The molecule has 3 rings (SSSR count). The van der Waals surface area contributed by atoms with Crippen molar-refractivity contribution in [3.8, 4) is 0 Å². The van der Waals surface area contributed by atoms with Gasteiger partial charge in [-0.25, -0.2) is 9.78 Å². The largest absolute Gasteiger partial charge is 0.465 e. The Morgan fingerprint density at radius 2 is 1.79 bits per heavy atom.